The number of H-pyrrole nitrogens is 1. The van der Waals surface area contributed by atoms with Crippen molar-refractivity contribution in [2.24, 2.45) is 11.7 Å². The minimum Gasteiger partial charge on any atom is -0.364 e. The Kier molecular flexibility index (Phi) is 3.63. The van der Waals surface area contributed by atoms with Gasteiger partial charge in [0.25, 0.3) is 5.91 Å². The molecule has 1 atom stereocenters. The molecule has 6 heteroatoms. The highest BCUT2D eigenvalue weighted by molar-refractivity contribution is 5.94. The van der Waals surface area contributed by atoms with Crippen molar-refractivity contribution in [2.45, 2.75) is 33.2 Å². The molecule has 21 heavy (non-hydrogen) atoms. The largest absolute Gasteiger partial charge is 0.364 e. The van der Waals surface area contributed by atoms with Crippen molar-refractivity contribution < 1.29 is 4.79 Å². The van der Waals surface area contributed by atoms with Crippen LogP contribution in [0.15, 0.2) is 6.07 Å². The Hall–Kier alpha value is -1.95. The van der Waals surface area contributed by atoms with Gasteiger partial charge in [-0.1, -0.05) is 6.92 Å². The third-order valence-corrected chi connectivity index (χ3v) is 4.17. The summed E-state index contributed by atoms with van der Waals surface area (Å²) in [4.78, 5) is 18.2. The number of aryl methyl sites for hydroxylation is 1. The van der Waals surface area contributed by atoms with E-state index in [4.69, 9.17) is 5.73 Å². The summed E-state index contributed by atoms with van der Waals surface area (Å²) in [6.45, 7) is 7.13. The van der Waals surface area contributed by atoms with Gasteiger partial charge in [-0.15, -0.1) is 0 Å². The molecule has 0 spiro atoms. The first-order valence-electron chi connectivity index (χ1n) is 7.41. The van der Waals surface area contributed by atoms with Gasteiger partial charge >= 0.3 is 0 Å². The number of nitrogens with zero attached hydrogens (tertiary/aromatic N) is 3. The second-order valence-corrected chi connectivity index (χ2v) is 6.05. The molecule has 0 aliphatic carbocycles. The number of carbonyl (C=O) groups excluding carboxylic acids is 1. The summed E-state index contributed by atoms with van der Waals surface area (Å²) in [6.07, 6.45) is 2.51. The summed E-state index contributed by atoms with van der Waals surface area (Å²) >= 11 is 0. The molecular weight excluding hydrogens is 266 g/mol. The molecule has 0 radical (unpaired) electrons. The van der Waals surface area contributed by atoms with Gasteiger partial charge in [-0.3, -0.25) is 14.8 Å². The van der Waals surface area contributed by atoms with E-state index in [9.17, 15) is 4.79 Å². The summed E-state index contributed by atoms with van der Waals surface area (Å²) in [7, 11) is 0. The van der Waals surface area contributed by atoms with Crippen molar-refractivity contribution in [3.05, 3.63) is 23.0 Å². The van der Waals surface area contributed by atoms with Gasteiger partial charge < -0.3 is 5.73 Å². The van der Waals surface area contributed by atoms with Crippen molar-refractivity contribution in [2.75, 3.05) is 13.1 Å². The number of primary amides is 1. The maximum atomic E-state index is 11.5. The van der Waals surface area contributed by atoms with Gasteiger partial charge in [-0.05, 0) is 43.9 Å². The van der Waals surface area contributed by atoms with Gasteiger partial charge in [0.1, 0.15) is 11.2 Å². The highest BCUT2D eigenvalue weighted by atomic mass is 16.1. The summed E-state index contributed by atoms with van der Waals surface area (Å²) < 4.78 is 0. The molecule has 1 amide bonds. The summed E-state index contributed by atoms with van der Waals surface area (Å²) in [5, 5.41) is 7.24. The highest BCUT2D eigenvalue weighted by Crippen LogP contribution is 2.23. The van der Waals surface area contributed by atoms with E-state index in [0.29, 0.717) is 5.69 Å². The fourth-order valence-corrected chi connectivity index (χ4v) is 3.10. The smallest absolute Gasteiger partial charge is 0.267 e. The SMILES string of the molecule is Cc1n[nH]c2c(CN3CCC[C@H](C)C3)cc(C(N)=O)nc12. The first-order chi connectivity index (χ1) is 10.0. The minimum atomic E-state index is -0.495. The van der Waals surface area contributed by atoms with Crippen LogP contribution in [0, 0.1) is 12.8 Å². The number of hydrogen-bond donors (Lipinski definition) is 2. The zero-order valence-electron chi connectivity index (χ0n) is 12.5. The van der Waals surface area contributed by atoms with Crippen LogP contribution < -0.4 is 5.73 Å². The summed E-state index contributed by atoms with van der Waals surface area (Å²) in [5.41, 5.74) is 9.21. The normalized spacial score (nSPS) is 20.0. The van der Waals surface area contributed by atoms with Gasteiger partial charge in [0.2, 0.25) is 0 Å². The monoisotopic (exact) mass is 287 g/mol. The molecule has 0 aromatic carbocycles. The Balaban J connectivity index is 1.98. The molecule has 3 N–H and O–H groups in total. The number of piperidine rings is 1. The average Bonchev–Trinajstić information content (AvgIpc) is 2.81. The Morgan fingerprint density at radius 2 is 2.38 bits per heavy atom. The molecular formula is C15H21N5O. The zero-order chi connectivity index (χ0) is 15.0. The number of nitrogens with one attached hydrogen (secondary N) is 1. The topological polar surface area (TPSA) is 87.9 Å². The highest BCUT2D eigenvalue weighted by Gasteiger charge is 2.19. The molecule has 0 saturated carbocycles. The lowest BCUT2D eigenvalue weighted by Gasteiger charge is -2.30. The van der Waals surface area contributed by atoms with E-state index >= 15 is 0 Å². The standard InChI is InChI=1S/C15H21N5O/c1-9-4-3-5-20(7-9)8-11-6-12(15(16)21)17-13-10(2)18-19-14(11)13/h6,9H,3-5,7-8H2,1-2H3,(H2,16,21)(H,18,19)/t9-/m0/s1. The Morgan fingerprint density at radius 1 is 1.57 bits per heavy atom. The number of nitrogens with two attached hydrogens (primary N) is 1. The predicted molar refractivity (Wildman–Crippen MR) is 80.8 cm³/mol. The number of aromatic amines is 1. The van der Waals surface area contributed by atoms with Crippen LogP contribution in [0.5, 0.6) is 0 Å². The van der Waals surface area contributed by atoms with Gasteiger partial charge in [-0.25, -0.2) is 4.98 Å². The van der Waals surface area contributed by atoms with E-state index in [1.165, 1.54) is 12.8 Å². The Morgan fingerprint density at radius 3 is 3.10 bits per heavy atom. The van der Waals surface area contributed by atoms with Crippen LogP contribution in [0.1, 0.15) is 41.5 Å². The average molecular weight is 287 g/mol. The lowest BCUT2D eigenvalue weighted by atomic mass is 9.99. The quantitative estimate of drug-likeness (QED) is 0.897. The fraction of sp³-hybridized carbons (Fsp3) is 0.533. The van der Waals surface area contributed by atoms with Crippen molar-refractivity contribution >= 4 is 16.9 Å². The Labute approximate surface area is 123 Å². The maximum Gasteiger partial charge on any atom is 0.267 e. The third kappa shape index (κ3) is 2.76. The summed E-state index contributed by atoms with van der Waals surface area (Å²) in [6, 6.07) is 1.79. The number of hydrogen-bond acceptors (Lipinski definition) is 4. The van der Waals surface area contributed by atoms with Crippen LogP contribution in [0.25, 0.3) is 11.0 Å². The number of amides is 1. The lowest BCUT2D eigenvalue weighted by Crippen LogP contribution is -2.33. The minimum absolute atomic E-state index is 0.312. The number of carbonyl (C=O) groups is 1. The summed E-state index contributed by atoms with van der Waals surface area (Å²) in [5.74, 6) is 0.223. The van der Waals surface area contributed by atoms with E-state index in [0.717, 1.165) is 47.8 Å². The van der Waals surface area contributed by atoms with Crippen LogP contribution >= 0.6 is 0 Å². The number of fused-ring (bicyclic) bond motifs is 1. The van der Waals surface area contributed by atoms with Gasteiger partial charge in [-0.2, -0.15) is 5.10 Å². The molecule has 1 aliphatic heterocycles. The predicted octanol–water partition coefficient (Wildman–Crippen LogP) is 1.60. The maximum absolute atomic E-state index is 11.5. The Bertz CT molecular complexity index is 678. The van der Waals surface area contributed by atoms with Gasteiger partial charge in [0.15, 0.2) is 0 Å². The molecule has 6 nitrogen and oxygen atoms in total. The van der Waals surface area contributed by atoms with E-state index in [-0.39, 0.29) is 0 Å². The molecule has 3 rings (SSSR count). The van der Waals surface area contributed by atoms with E-state index in [2.05, 4.69) is 27.0 Å². The third-order valence-electron chi connectivity index (χ3n) is 4.17. The molecule has 2 aromatic heterocycles. The van der Waals surface area contributed by atoms with Crippen molar-refractivity contribution in [1.82, 2.24) is 20.1 Å². The first-order valence-corrected chi connectivity index (χ1v) is 7.41. The van der Waals surface area contributed by atoms with Crippen LogP contribution in [0.2, 0.25) is 0 Å². The molecule has 0 bridgehead atoms. The molecule has 1 aliphatic rings. The number of rotatable bonds is 3. The van der Waals surface area contributed by atoms with Crippen LogP contribution in [0.3, 0.4) is 0 Å². The molecule has 112 valence electrons. The lowest BCUT2D eigenvalue weighted by molar-refractivity contribution is 0.0995. The zero-order valence-corrected chi connectivity index (χ0v) is 12.5. The van der Waals surface area contributed by atoms with Crippen molar-refractivity contribution in [3.63, 3.8) is 0 Å². The van der Waals surface area contributed by atoms with Gasteiger partial charge in [0, 0.05) is 13.1 Å². The van der Waals surface area contributed by atoms with Crippen molar-refractivity contribution in [3.8, 4) is 0 Å². The van der Waals surface area contributed by atoms with E-state index < -0.39 is 5.91 Å². The number of pyridine rings is 1. The van der Waals surface area contributed by atoms with Crippen LogP contribution in [0.4, 0.5) is 0 Å². The van der Waals surface area contributed by atoms with E-state index in [1.807, 2.05) is 6.92 Å². The number of likely N-dealkylation sites (tertiary alicyclic amines) is 1. The van der Waals surface area contributed by atoms with Gasteiger partial charge in [0.05, 0.1) is 11.2 Å². The molecule has 1 saturated heterocycles. The van der Waals surface area contributed by atoms with Crippen molar-refractivity contribution in [1.29, 1.82) is 0 Å². The second kappa shape index (κ2) is 5.44. The van der Waals surface area contributed by atoms with E-state index in [1.54, 1.807) is 6.07 Å². The fourth-order valence-electron chi connectivity index (χ4n) is 3.10. The molecule has 1 fully saturated rings. The van der Waals surface area contributed by atoms with Crippen LogP contribution in [-0.4, -0.2) is 39.1 Å². The molecule has 0 unspecified atom stereocenters. The molecule has 3 heterocycles. The second-order valence-electron chi connectivity index (χ2n) is 6.05. The number of aromatic nitrogens is 3. The van der Waals surface area contributed by atoms with Crippen LogP contribution in [-0.2, 0) is 6.54 Å². The molecule has 2 aromatic rings. The first kappa shape index (κ1) is 14.0.